The largest absolute Gasteiger partial charge is 0.497 e. The van der Waals surface area contributed by atoms with Crippen LogP contribution < -0.4 is 19.7 Å². The fraction of sp³-hybridized carbons (Fsp3) is 0.413. The molecule has 4 atom stereocenters. The van der Waals surface area contributed by atoms with Gasteiger partial charge < -0.3 is 29.3 Å². The second-order valence-electron chi connectivity index (χ2n) is 16.2. The van der Waals surface area contributed by atoms with E-state index in [0.717, 1.165) is 59.5 Å². The average molecular weight is 774 g/mol. The molecule has 2 saturated heterocycles. The monoisotopic (exact) mass is 773 g/mol. The third kappa shape index (κ3) is 7.54. The number of amides is 3. The van der Waals surface area contributed by atoms with Gasteiger partial charge in [-0.1, -0.05) is 111 Å². The Hall–Kier alpha value is -4.77. The summed E-state index contributed by atoms with van der Waals surface area (Å²) in [6.07, 6.45) is 3.87. The maximum Gasteiger partial charge on any atom is 0.264 e. The lowest BCUT2D eigenvalue weighted by molar-refractivity contribution is -0.150. The fourth-order valence-electron chi connectivity index (χ4n) is 9.54. The van der Waals surface area contributed by atoms with Gasteiger partial charge >= 0.3 is 0 Å². The molecule has 4 aromatic rings. The summed E-state index contributed by atoms with van der Waals surface area (Å²) in [4.78, 5) is 48.9. The fourth-order valence-corrected chi connectivity index (χ4v) is 13.6. The minimum Gasteiger partial charge on any atom is -0.497 e. The molecule has 0 saturated carbocycles. The van der Waals surface area contributed by atoms with Gasteiger partial charge in [-0.25, -0.2) is 0 Å². The van der Waals surface area contributed by atoms with Crippen LogP contribution in [0.2, 0.25) is 18.6 Å². The minimum absolute atomic E-state index is 0.0573. The molecule has 0 bridgehead atoms. The van der Waals surface area contributed by atoms with E-state index in [4.69, 9.17) is 9.47 Å². The number of rotatable bonds is 12. The zero-order valence-corrected chi connectivity index (χ0v) is 34.2. The number of hydrogen-bond donors (Lipinski definition) is 1. The van der Waals surface area contributed by atoms with E-state index in [1.807, 2.05) is 101 Å². The number of carbonyl (C=O) groups is 3. The van der Waals surface area contributed by atoms with Gasteiger partial charge in [0.05, 0.1) is 46.5 Å². The normalized spacial score (nSPS) is 22.6. The average Bonchev–Trinajstić information content (AvgIpc) is 3.62. The molecule has 0 radical (unpaired) electrons. The van der Waals surface area contributed by atoms with E-state index < -0.39 is 19.8 Å². The summed E-state index contributed by atoms with van der Waals surface area (Å²) in [6.45, 7) is 8.11. The molecule has 0 aromatic heterocycles. The molecule has 9 nitrogen and oxygen atoms in total. The maximum absolute atomic E-state index is 15.4. The Morgan fingerprint density at radius 3 is 2.27 bits per heavy atom. The van der Waals surface area contributed by atoms with Crippen molar-refractivity contribution in [2.24, 2.45) is 5.92 Å². The van der Waals surface area contributed by atoms with Crippen LogP contribution >= 0.6 is 0 Å². The Morgan fingerprint density at radius 2 is 1.59 bits per heavy atom. The van der Waals surface area contributed by atoms with Crippen molar-refractivity contribution in [3.8, 4) is 5.75 Å². The van der Waals surface area contributed by atoms with Crippen LogP contribution in [0, 0.1) is 5.92 Å². The van der Waals surface area contributed by atoms with Crippen LogP contribution in [0.1, 0.15) is 62.1 Å². The first-order chi connectivity index (χ1) is 27.1. The first kappa shape index (κ1) is 39.5. The van der Waals surface area contributed by atoms with Gasteiger partial charge in [0, 0.05) is 43.2 Å². The van der Waals surface area contributed by atoms with Crippen molar-refractivity contribution in [3.63, 3.8) is 0 Å². The van der Waals surface area contributed by atoms with E-state index in [0.29, 0.717) is 26.1 Å². The molecule has 294 valence electrons. The molecule has 3 heterocycles. The van der Waals surface area contributed by atoms with Crippen LogP contribution in [0.25, 0.3) is 0 Å². The van der Waals surface area contributed by atoms with Gasteiger partial charge in [-0.05, 0) is 59.8 Å². The molecule has 2 fully saturated rings. The number of ether oxygens (including phenoxy) is 2. The summed E-state index contributed by atoms with van der Waals surface area (Å²) in [7, 11) is -0.892. The van der Waals surface area contributed by atoms with Gasteiger partial charge in [-0.15, -0.1) is 0 Å². The first-order valence-corrected chi connectivity index (χ1v) is 23.2. The van der Waals surface area contributed by atoms with Gasteiger partial charge in [0.2, 0.25) is 11.8 Å². The van der Waals surface area contributed by atoms with Crippen molar-refractivity contribution in [2.45, 2.75) is 88.9 Å². The van der Waals surface area contributed by atoms with Crippen LogP contribution in [0.15, 0.2) is 103 Å². The maximum atomic E-state index is 15.4. The molecule has 0 unspecified atom stereocenters. The topological polar surface area (TPSA) is 99.6 Å². The number of nitrogens with zero attached hydrogens (tertiary/aromatic N) is 3. The van der Waals surface area contributed by atoms with Crippen LogP contribution in [0.4, 0.5) is 11.4 Å². The Morgan fingerprint density at radius 1 is 0.911 bits per heavy atom. The van der Waals surface area contributed by atoms with E-state index in [1.165, 1.54) is 5.19 Å². The highest BCUT2D eigenvalue weighted by molar-refractivity contribution is 6.91. The van der Waals surface area contributed by atoms with E-state index in [9.17, 15) is 14.7 Å². The zero-order valence-electron chi connectivity index (χ0n) is 33.2. The number of anilines is 2. The minimum atomic E-state index is -2.55. The number of fused-ring (bicyclic) bond motifs is 2. The van der Waals surface area contributed by atoms with Gasteiger partial charge in [0.1, 0.15) is 5.75 Å². The van der Waals surface area contributed by atoms with E-state index in [1.54, 1.807) is 12.0 Å². The second-order valence-corrected chi connectivity index (χ2v) is 20.9. The van der Waals surface area contributed by atoms with Gasteiger partial charge in [0.15, 0.2) is 5.60 Å². The van der Waals surface area contributed by atoms with Crippen molar-refractivity contribution in [1.29, 1.82) is 0 Å². The molecule has 10 heteroatoms. The number of aliphatic hydroxyl groups is 1. The first-order valence-electron chi connectivity index (χ1n) is 20.1. The molecule has 0 aliphatic carbocycles. The van der Waals surface area contributed by atoms with Crippen molar-refractivity contribution in [2.75, 3.05) is 36.6 Å². The van der Waals surface area contributed by atoms with Gasteiger partial charge in [-0.3, -0.25) is 14.4 Å². The SMILES string of the molecule is COc1ccc([Si](C)(C)[C@@H]2[C@@H](CC(=O)N(CCO)Cc3ccccc3)O[C@]3(C(=O)N(Cc4ccccc4)c4ccc(N5CCCCCCC5=O)cc43)[C@H]2C)cc1. The summed E-state index contributed by atoms with van der Waals surface area (Å²) in [5.74, 6) is 0.265. The molecule has 3 amide bonds. The van der Waals surface area contributed by atoms with Crippen molar-refractivity contribution in [1.82, 2.24) is 4.90 Å². The van der Waals surface area contributed by atoms with Crippen LogP contribution in [0.5, 0.6) is 5.75 Å². The smallest absolute Gasteiger partial charge is 0.264 e. The lowest BCUT2D eigenvalue weighted by Crippen LogP contribution is -2.52. The standard InChI is InChI=1S/C46H55N3O6Si/c1-33-44(56(3,4)38-23-21-37(54-2)22-24-38)41(30-43(52)47(27-28-50)31-34-15-9-7-10-16-34)55-46(33)39-29-36(48-26-14-6-5-13-19-42(48)51)20-25-40(39)49(45(46)53)32-35-17-11-8-12-18-35/h7-12,15-18,20-25,29,33,41,44,50H,5-6,13-14,19,26-28,30-32H2,1-4H3/t33-,41+,44-,46+/m0/s1. The molecule has 3 aliphatic heterocycles. The molecule has 3 aliphatic rings. The number of benzene rings is 4. The van der Waals surface area contributed by atoms with Crippen molar-refractivity contribution >= 4 is 42.4 Å². The Bertz CT molecular complexity index is 2010. The number of hydrogen-bond acceptors (Lipinski definition) is 6. The molecule has 1 spiro atoms. The van der Waals surface area contributed by atoms with Gasteiger partial charge in [0.25, 0.3) is 5.91 Å². The number of carbonyl (C=O) groups excluding carboxylic acids is 3. The third-order valence-corrected chi connectivity index (χ3v) is 16.8. The highest BCUT2D eigenvalue weighted by Gasteiger charge is 2.66. The highest BCUT2D eigenvalue weighted by Crippen LogP contribution is 2.60. The molecule has 56 heavy (non-hydrogen) atoms. The number of methoxy groups -OCH3 is 1. The molecule has 7 rings (SSSR count). The third-order valence-electron chi connectivity index (χ3n) is 12.5. The summed E-state index contributed by atoms with van der Waals surface area (Å²) < 4.78 is 12.9. The molecule has 1 N–H and O–H groups in total. The number of aliphatic hydroxyl groups excluding tert-OH is 1. The summed E-state index contributed by atoms with van der Waals surface area (Å²) in [6, 6.07) is 34.0. The summed E-state index contributed by atoms with van der Waals surface area (Å²) in [5.41, 5.74) is 2.73. The Balaban J connectivity index is 1.34. The zero-order chi connectivity index (χ0) is 39.5. The Labute approximate surface area is 332 Å². The lowest BCUT2D eigenvalue weighted by Gasteiger charge is -2.37. The Kier molecular flexibility index (Phi) is 11.8. The van der Waals surface area contributed by atoms with Crippen LogP contribution in [0.3, 0.4) is 0 Å². The second kappa shape index (κ2) is 16.8. The summed E-state index contributed by atoms with van der Waals surface area (Å²) >= 11 is 0. The van der Waals surface area contributed by atoms with Crippen molar-refractivity contribution < 1.29 is 29.0 Å². The van der Waals surface area contributed by atoms with Gasteiger partial charge in [-0.2, -0.15) is 0 Å². The van der Waals surface area contributed by atoms with Crippen LogP contribution in [-0.4, -0.2) is 68.7 Å². The van der Waals surface area contributed by atoms with E-state index >= 15 is 4.79 Å². The highest BCUT2D eigenvalue weighted by atomic mass is 28.3. The predicted octanol–water partition coefficient (Wildman–Crippen LogP) is 7.17. The lowest BCUT2D eigenvalue weighted by atomic mass is 9.82. The molecular weight excluding hydrogens is 719 g/mol. The quantitative estimate of drug-likeness (QED) is 0.154. The van der Waals surface area contributed by atoms with E-state index in [-0.39, 0.29) is 48.8 Å². The molecule has 4 aromatic carbocycles. The van der Waals surface area contributed by atoms with E-state index in [2.05, 4.69) is 32.2 Å². The van der Waals surface area contributed by atoms with Crippen LogP contribution in [-0.2, 0) is 37.8 Å². The van der Waals surface area contributed by atoms with Crippen molar-refractivity contribution in [3.05, 3.63) is 120 Å². The summed E-state index contributed by atoms with van der Waals surface area (Å²) in [5, 5.41) is 11.3. The predicted molar refractivity (Wildman–Crippen MR) is 223 cm³/mol. The molecular formula is C46H55N3O6Si.